The van der Waals surface area contributed by atoms with Crippen LogP contribution in [0.4, 0.5) is 0 Å². The maximum absolute atomic E-state index is 2.76. The van der Waals surface area contributed by atoms with Gasteiger partial charge in [0.25, 0.3) is 5.65 Å². The summed E-state index contributed by atoms with van der Waals surface area (Å²) >= 11 is 0. The van der Waals surface area contributed by atoms with Crippen molar-refractivity contribution in [2.24, 2.45) is 5.92 Å². The Morgan fingerprint density at radius 1 is 1.00 bits per heavy atom. The van der Waals surface area contributed by atoms with Gasteiger partial charge < -0.3 is 0 Å². The van der Waals surface area contributed by atoms with Crippen LogP contribution in [-0.4, -0.2) is 4.40 Å². The van der Waals surface area contributed by atoms with Crippen LogP contribution in [0.5, 0.6) is 0 Å². The highest BCUT2D eigenvalue weighted by molar-refractivity contribution is 6.01. The van der Waals surface area contributed by atoms with Gasteiger partial charge in [0.05, 0.1) is 5.39 Å². The summed E-state index contributed by atoms with van der Waals surface area (Å²) in [5.41, 5.74) is 7.63. The standard InChI is InChI=1S/C27H31N2/c1-7-26-17(3)27(26,8-2)29-21-15-10-9-14-20(21)28-22(25(4,5)6)16-18-12-11-13-19(26)23(18)24(28)29/h9-17H,7-8H2,1-6H3/q+1. The number of para-hydroxylation sites is 2. The first-order valence-electron chi connectivity index (χ1n) is 11.3. The van der Waals surface area contributed by atoms with Gasteiger partial charge in [0, 0.05) is 16.7 Å². The second-order valence-electron chi connectivity index (χ2n) is 10.4. The van der Waals surface area contributed by atoms with E-state index in [0.29, 0.717) is 5.92 Å². The van der Waals surface area contributed by atoms with Crippen LogP contribution < -0.4 is 4.57 Å². The van der Waals surface area contributed by atoms with Gasteiger partial charge in [-0.25, -0.2) is 4.57 Å². The van der Waals surface area contributed by atoms with Gasteiger partial charge in [-0.3, -0.25) is 0 Å². The number of pyridine rings is 1. The SMILES string of the molecule is CCC12c3cccc4cc(C(C)(C)C)n5c6ccccc6[n+](c5c34)C1(CC)C2C. The number of imidazole rings is 1. The van der Waals surface area contributed by atoms with Crippen molar-refractivity contribution in [3.8, 4) is 0 Å². The van der Waals surface area contributed by atoms with Crippen LogP contribution in [0, 0.1) is 5.92 Å². The monoisotopic (exact) mass is 383 g/mol. The molecule has 0 spiro atoms. The van der Waals surface area contributed by atoms with Crippen molar-refractivity contribution in [3.63, 3.8) is 0 Å². The number of hydrogen-bond acceptors (Lipinski definition) is 0. The summed E-state index contributed by atoms with van der Waals surface area (Å²) in [6.07, 6.45) is 2.37. The molecule has 1 fully saturated rings. The summed E-state index contributed by atoms with van der Waals surface area (Å²) in [7, 11) is 0. The van der Waals surface area contributed by atoms with Gasteiger partial charge in [-0.2, -0.15) is 4.40 Å². The second kappa shape index (κ2) is 5.03. The largest absolute Gasteiger partial charge is 0.296 e. The van der Waals surface area contributed by atoms with E-state index in [9.17, 15) is 0 Å². The van der Waals surface area contributed by atoms with E-state index in [2.05, 4.69) is 99.0 Å². The Morgan fingerprint density at radius 3 is 2.45 bits per heavy atom. The van der Waals surface area contributed by atoms with Crippen molar-refractivity contribution < 1.29 is 4.57 Å². The van der Waals surface area contributed by atoms with Crippen LogP contribution in [0.1, 0.15) is 65.6 Å². The quantitative estimate of drug-likeness (QED) is 0.362. The normalized spacial score (nSPS) is 27.9. The fourth-order valence-corrected chi connectivity index (χ4v) is 7.36. The summed E-state index contributed by atoms with van der Waals surface area (Å²) in [5, 5.41) is 2.88. The van der Waals surface area contributed by atoms with Gasteiger partial charge in [0.15, 0.2) is 11.0 Å². The molecule has 0 bridgehead atoms. The zero-order valence-electron chi connectivity index (χ0n) is 18.5. The maximum Gasteiger partial charge on any atom is 0.296 e. The molecule has 2 aliphatic rings. The van der Waals surface area contributed by atoms with Crippen molar-refractivity contribution in [1.29, 1.82) is 0 Å². The van der Waals surface area contributed by atoms with Crippen molar-refractivity contribution in [2.75, 3.05) is 0 Å². The van der Waals surface area contributed by atoms with Gasteiger partial charge in [0.1, 0.15) is 11.2 Å². The Hall–Kier alpha value is -2.35. The summed E-state index contributed by atoms with van der Waals surface area (Å²) in [4.78, 5) is 0. The molecule has 0 saturated heterocycles. The zero-order chi connectivity index (χ0) is 20.3. The fraction of sp³-hybridized carbons (Fsp3) is 0.444. The molecular formula is C27H31N2+. The lowest BCUT2D eigenvalue weighted by Gasteiger charge is -2.29. The molecule has 1 aliphatic carbocycles. The third-order valence-corrected chi connectivity index (χ3v) is 8.53. The number of aromatic nitrogens is 2. The maximum atomic E-state index is 2.76. The predicted molar refractivity (Wildman–Crippen MR) is 121 cm³/mol. The highest BCUT2D eigenvalue weighted by atomic mass is 15.3. The first kappa shape index (κ1) is 17.5. The van der Waals surface area contributed by atoms with Crippen molar-refractivity contribution in [1.82, 2.24) is 4.40 Å². The van der Waals surface area contributed by atoms with Gasteiger partial charge in [-0.15, -0.1) is 0 Å². The number of hydrogen-bond donors (Lipinski definition) is 0. The number of fused-ring (bicyclic) bond motifs is 6. The molecule has 0 amide bonds. The van der Waals surface area contributed by atoms with Crippen LogP contribution in [0.15, 0.2) is 48.5 Å². The van der Waals surface area contributed by atoms with Crippen LogP contribution in [-0.2, 0) is 16.4 Å². The number of nitrogens with zero attached hydrogens (tertiary/aromatic N) is 2. The molecule has 0 N–H and O–H groups in total. The molecule has 2 aromatic carbocycles. The molecule has 3 atom stereocenters. The number of benzene rings is 2. The molecule has 2 nitrogen and oxygen atoms in total. The predicted octanol–water partition coefficient (Wildman–Crippen LogP) is 6.25. The lowest BCUT2D eigenvalue weighted by atomic mass is 9.80. The molecule has 6 rings (SSSR count). The molecular weight excluding hydrogens is 352 g/mol. The van der Waals surface area contributed by atoms with Crippen LogP contribution in [0.25, 0.3) is 27.5 Å². The highest BCUT2D eigenvalue weighted by Crippen LogP contribution is 2.71. The van der Waals surface area contributed by atoms with Crippen LogP contribution in [0.3, 0.4) is 0 Å². The third-order valence-electron chi connectivity index (χ3n) is 8.53. The zero-order valence-corrected chi connectivity index (χ0v) is 18.5. The van der Waals surface area contributed by atoms with Gasteiger partial charge in [-0.1, -0.05) is 71.9 Å². The smallest absolute Gasteiger partial charge is 0.216 e. The van der Waals surface area contributed by atoms with Crippen LogP contribution in [0.2, 0.25) is 0 Å². The third kappa shape index (κ3) is 1.64. The molecule has 29 heavy (non-hydrogen) atoms. The van der Waals surface area contributed by atoms with E-state index in [-0.39, 0.29) is 16.4 Å². The summed E-state index contributed by atoms with van der Waals surface area (Å²) < 4.78 is 5.35. The van der Waals surface area contributed by atoms with E-state index in [4.69, 9.17) is 0 Å². The van der Waals surface area contributed by atoms with Gasteiger partial charge in [-0.05, 0) is 42.0 Å². The molecule has 2 aromatic heterocycles. The summed E-state index contributed by atoms with van der Waals surface area (Å²) in [5.74, 6) is 0.640. The Labute approximate surface area is 173 Å². The van der Waals surface area contributed by atoms with E-state index < -0.39 is 0 Å². The minimum absolute atomic E-state index is 0.0671. The van der Waals surface area contributed by atoms with Gasteiger partial charge in [0.2, 0.25) is 0 Å². The van der Waals surface area contributed by atoms with E-state index in [1.807, 2.05) is 0 Å². The molecule has 1 aliphatic heterocycles. The van der Waals surface area contributed by atoms with Crippen molar-refractivity contribution in [2.45, 2.75) is 70.8 Å². The van der Waals surface area contributed by atoms with E-state index >= 15 is 0 Å². The Balaban J connectivity index is 1.99. The average Bonchev–Trinajstić information content (AvgIpc) is 3.08. The highest BCUT2D eigenvalue weighted by Gasteiger charge is 2.80. The van der Waals surface area contributed by atoms with E-state index in [1.165, 1.54) is 46.0 Å². The summed E-state index contributed by atoms with van der Waals surface area (Å²) in [6, 6.07) is 18.6. The van der Waals surface area contributed by atoms with Crippen molar-refractivity contribution >= 4 is 27.5 Å². The topological polar surface area (TPSA) is 8.29 Å². The fourth-order valence-electron chi connectivity index (χ4n) is 7.36. The first-order valence-corrected chi connectivity index (χ1v) is 11.3. The molecule has 2 heteroatoms. The lowest BCUT2D eigenvalue weighted by Crippen LogP contribution is -2.53. The van der Waals surface area contributed by atoms with Crippen LogP contribution >= 0.6 is 0 Å². The minimum atomic E-state index is 0.0671. The number of rotatable bonds is 2. The summed E-state index contributed by atoms with van der Waals surface area (Å²) in [6.45, 7) is 14.3. The first-order chi connectivity index (χ1) is 13.8. The van der Waals surface area contributed by atoms with E-state index in [0.717, 1.165) is 0 Å². The Morgan fingerprint density at radius 2 is 1.76 bits per heavy atom. The Bertz CT molecular complexity index is 1340. The minimum Gasteiger partial charge on any atom is -0.216 e. The molecule has 4 aromatic rings. The molecule has 148 valence electrons. The second-order valence-corrected chi connectivity index (χ2v) is 10.4. The molecule has 3 heterocycles. The molecule has 0 radical (unpaired) electrons. The Kier molecular flexibility index (Phi) is 3.04. The molecule has 3 unspecified atom stereocenters. The van der Waals surface area contributed by atoms with Crippen molar-refractivity contribution in [3.05, 3.63) is 59.8 Å². The van der Waals surface area contributed by atoms with E-state index in [1.54, 1.807) is 5.56 Å². The average molecular weight is 384 g/mol. The lowest BCUT2D eigenvalue weighted by molar-refractivity contribution is -0.700. The van der Waals surface area contributed by atoms with Gasteiger partial charge >= 0.3 is 0 Å². The molecule has 1 saturated carbocycles.